The molecule has 0 heterocycles. The first-order valence-electron chi connectivity index (χ1n) is 4.46. The van der Waals surface area contributed by atoms with Gasteiger partial charge in [0.2, 0.25) is 0 Å². The molecule has 1 aromatic carbocycles. The number of thioether (sulfide) groups is 1. The lowest BCUT2D eigenvalue weighted by Crippen LogP contribution is -1.90. The van der Waals surface area contributed by atoms with Gasteiger partial charge in [0, 0.05) is 12.7 Å². The van der Waals surface area contributed by atoms with Crippen LogP contribution in [-0.4, -0.2) is 10.9 Å². The first-order valence-corrected chi connectivity index (χ1v) is 5.45. The highest BCUT2D eigenvalue weighted by Gasteiger charge is 1.95. The Balaban J connectivity index is 2.17. The van der Waals surface area contributed by atoms with Crippen molar-refractivity contribution >= 4 is 16.9 Å². The minimum absolute atomic E-state index is 0.216. The summed E-state index contributed by atoms with van der Waals surface area (Å²) in [4.78, 5) is 10.6. The van der Waals surface area contributed by atoms with E-state index in [1.807, 2.05) is 18.2 Å². The number of hydrogen-bond donors (Lipinski definition) is 0. The second kappa shape index (κ2) is 5.81. The third kappa shape index (κ3) is 4.73. The van der Waals surface area contributed by atoms with Gasteiger partial charge in [-0.2, -0.15) is 0 Å². The maximum Gasteiger partial charge on any atom is 0.185 e. The van der Waals surface area contributed by atoms with E-state index in [1.54, 1.807) is 6.92 Å². The SMILES string of the molecule is CC(=O)SCCCc1ccccc1. The Kier molecular flexibility index (Phi) is 4.61. The number of carbonyl (C=O) groups is 1. The summed E-state index contributed by atoms with van der Waals surface area (Å²) >= 11 is 1.41. The molecule has 1 aromatic rings. The minimum atomic E-state index is 0.216. The summed E-state index contributed by atoms with van der Waals surface area (Å²) in [6.07, 6.45) is 2.15. The molecular weight excluding hydrogens is 180 g/mol. The summed E-state index contributed by atoms with van der Waals surface area (Å²) in [6, 6.07) is 10.4. The second-order valence-corrected chi connectivity index (χ2v) is 4.20. The van der Waals surface area contributed by atoms with Gasteiger partial charge in [-0.1, -0.05) is 42.1 Å². The Morgan fingerprint density at radius 2 is 2.00 bits per heavy atom. The van der Waals surface area contributed by atoms with Crippen LogP contribution in [0.15, 0.2) is 30.3 Å². The van der Waals surface area contributed by atoms with E-state index in [9.17, 15) is 4.79 Å². The molecule has 2 heteroatoms. The smallest absolute Gasteiger partial charge is 0.185 e. The van der Waals surface area contributed by atoms with Crippen molar-refractivity contribution in [2.75, 3.05) is 5.75 Å². The second-order valence-electron chi connectivity index (χ2n) is 2.93. The quantitative estimate of drug-likeness (QED) is 0.685. The molecular formula is C11H14OS. The topological polar surface area (TPSA) is 17.1 Å². The average molecular weight is 194 g/mol. The number of hydrogen-bond acceptors (Lipinski definition) is 2. The van der Waals surface area contributed by atoms with Crippen LogP contribution in [0.25, 0.3) is 0 Å². The summed E-state index contributed by atoms with van der Waals surface area (Å²) < 4.78 is 0. The van der Waals surface area contributed by atoms with Gasteiger partial charge in [-0.3, -0.25) is 4.79 Å². The zero-order chi connectivity index (χ0) is 9.52. The summed E-state index contributed by atoms with van der Waals surface area (Å²) in [7, 11) is 0. The molecule has 0 aliphatic rings. The fourth-order valence-electron chi connectivity index (χ4n) is 1.14. The van der Waals surface area contributed by atoms with E-state index in [4.69, 9.17) is 0 Å². The molecule has 1 nitrogen and oxygen atoms in total. The molecule has 0 saturated heterocycles. The molecule has 0 aromatic heterocycles. The molecule has 0 unspecified atom stereocenters. The standard InChI is InChI=1S/C11H14OS/c1-10(12)13-9-5-8-11-6-3-2-4-7-11/h2-4,6-7H,5,8-9H2,1H3. The highest BCUT2D eigenvalue weighted by atomic mass is 32.2. The molecule has 0 fully saturated rings. The molecule has 0 atom stereocenters. The minimum Gasteiger partial charge on any atom is -0.288 e. The third-order valence-electron chi connectivity index (χ3n) is 1.76. The Morgan fingerprint density at radius 1 is 1.31 bits per heavy atom. The van der Waals surface area contributed by atoms with E-state index in [-0.39, 0.29) is 5.12 Å². The molecule has 70 valence electrons. The van der Waals surface area contributed by atoms with Gasteiger partial charge >= 0.3 is 0 Å². The first kappa shape index (κ1) is 10.3. The molecule has 0 spiro atoms. The Labute approximate surface area is 83.5 Å². The van der Waals surface area contributed by atoms with Crippen molar-refractivity contribution in [1.29, 1.82) is 0 Å². The molecule has 1 rings (SSSR count). The predicted molar refractivity (Wildman–Crippen MR) is 57.9 cm³/mol. The van der Waals surface area contributed by atoms with Crippen molar-refractivity contribution in [3.8, 4) is 0 Å². The Bertz CT molecular complexity index is 256. The van der Waals surface area contributed by atoms with Crippen LogP contribution < -0.4 is 0 Å². The number of rotatable bonds is 4. The van der Waals surface area contributed by atoms with Crippen molar-refractivity contribution in [2.45, 2.75) is 19.8 Å². The average Bonchev–Trinajstić information content (AvgIpc) is 2.14. The molecule has 13 heavy (non-hydrogen) atoms. The number of benzene rings is 1. The maximum absolute atomic E-state index is 10.6. The van der Waals surface area contributed by atoms with Crippen molar-refractivity contribution in [3.05, 3.63) is 35.9 Å². The van der Waals surface area contributed by atoms with E-state index < -0.39 is 0 Å². The first-order chi connectivity index (χ1) is 6.29. The zero-order valence-corrected chi connectivity index (χ0v) is 8.64. The highest BCUT2D eigenvalue weighted by Crippen LogP contribution is 2.08. The van der Waals surface area contributed by atoms with Gasteiger partial charge in [0.15, 0.2) is 5.12 Å². The van der Waals surface area contributed by atoms with Crippen LogP contribution in [0.4, 0.5) is 0 Å². The van der Waals surface area contributed by atoms with Crippen LogP contribution in [0.3, 0.4) is 0 Å². The van der Waals surface area contributed by atoms with Gasteiger partial charge in [0.25, 0.3) is 0 Å². The lowest BCUT2D eigenvalue weighted by molar-refractivity contribution is -0.109. The van der Waals surface area contributed by atoms with Crippen molar-refractivity contribution in [1.82, 2.24) is 0 Å². The summed E-state index contributed by atoms with van der Waals surface area (Å²) in [5, 5.41) is 0.216. The van der Waals surface area contributed by atoms with Crippen molar-refractivity contribution in [2.24, 2.45) is 0 Å². The number of carbonyl (C=O) groups excluding carboxylic acids is 1. The van der Waals surface area contributed by atoms with Gasteiger partial charge in [0.05, 0.1) is 0 Å². The van der Waals surface area contributed by atoms with E-state index in [2.05, 4.69) is 12.1 Å². The van der Waals surface area contributed by atoms with Gasteiger partial charge in [-0.25, -0.2) is 0 Å². The van der Waals surface area contributed by atoms with Crippen molar-refractivity contribution < 1.29 is 4.79 Å². The van der Waals surface area contributed by atoms with E-state index in [0.29, 0.717) is 0 Å². The Morgan fingerprint density at radius 3 is 2.62 bits per heavy atom. The van der Waals surface area contributed by atoms with Crippen LogP contribution in [-0.2, 0) is 11.2 Å². The number of aryl methyl sites for hydroxylation is 1. The highest BCUT2D eigenvalue weighted by molar-refractivity contribution is 8.13. The van der Waals surface area contributed by atoms with Crippen molar-refractivity contribution in [3.63, 3.8) is 0 Å². The van der Waals surface area contributed by atoms with E-state index in [1.165, 1.54) is 17.3 Å². The third-order valence-corrected chi connectivity index (χ3v) is 2.66. The van der Waals surface area contributed by atoms with Crippen LogP contribution in [0.5, 0.6) is 0 Å². The normalized spacial score (nSPS) is 9.92. The van der Waals surface area contributed by atoms with Gasteiger partial charge in [-0.05, 0) is 18.4 Å². The van der Waals surface area contributed by atoms with Gasteiger partial charge < -0.3 is 0 Å². The molecule has 0 N–H and O–H groups in total. The lowest BCUT2D eigenvalue weighted by atomic mass is 10.1. The van der Waals surface area contributed by atoms with E-state index in [0.717, 1.165) is 18.6 Å². The fraction of sp³-hybridized carbons (Fsp3) is 0.364. The predicted octanol–water partition coefficient (Wildman–Crippen LogP) is 2.90. The van der Waals surface area contributed by atoms with Crippen LogP contribution in [0.2, 0.25) is 0 Å². The van der Waals surface area contributed by atoms with Crippen LogP contribution in [0, 0.1) is 0 Å². The zero-order valence-electron chi connectivity index (χ0n) is 7.82. The maximum atomic E-state index is 10.6. The van der Waals surface area contributed by atoms with Crippen LogP contribution in [0.1, 0.15) is 18.9 Å². The summed E-state index contributed by atoms with van der Waals surface area (Å²) in [5.41, 5.74) is 1.35. The Hall–Kier alpha value is -0.760. The molecule has 0 aliphatic heterocycles. The summed E-state index contributed by atoms with van der Waals surface area (Å²) in [5.74, 6) is 0.935. The monoisotopic (exact) mass is 194 g/mol. The largest absolute Gasteiger partial charge is 0.288 e. The molecule has 0 bridgehead atoms. The fourth-order valence-corrected chi connectivity index (χ4v) is 1.71. The van der Waals surface area contributed by atoms with E-state index >= 15 is 0 Å². The lowest BCUT2D eigenvalue weighted by Gasteiger charge is -1.99. The molecule has 0 saturated carbocycles. The molecule has 0 amide bonds. The summed E-state index contributed by atoms with van der Waals surface area (Å²) in [6.45, 7) is 1.62. The molecule has 0 aliphatic carbocycles. The molecule has 0 radical (unpaired) electrons. The van der Waals surface area contributed by atoms with Gasteiger partial charge in [0.1, 0.15) is 0 Å². The van der Waals surface area contributed by atoms with Gasteiger partial charge in [-0.15, -0.1) is 0 Å². The van der Waals surface area contributed by atoms with Crippen LogP contribution >= 0.6 is 11.8 Å².